The number of aromatic nitrogens is 3. The van der Waals surface area contributed by atoms with E-state index in [-0.39, 0.29) is 63.4 Å². The van der Waals surface area contributed by atoms with Gasteiger partial charge in [-0.15, -0.1) is 6.42 Å². The van der Waals surface area contributed by atoms with Gasteiger partial charge in [-0.25, -0.2) is 13.2 Å². The average molecular weight is 647 g/mol. The van der Waals surface area contributed by atoms with Crippen LogP contribution < -0.4 is 15.0 Å². The molecule has 4 atom stereocenters. The second kappa shape index (κ2) is 11.2. The molecule has 8 rings (SSSR count). The van der Waals surface area contributed by atoms with Crippen molar-refractivity contribution in [1.29, 1.82) is 0 Å². The van der Waals surface area contributed by atoms with Crippen LogP contribution in [0.1, 0.15) is 40.4 Å². The van der Waals surface area contributed by atoms with Crippen LogP contribution in [0.15, 0.2) is 30.5 Å². The van der Waals surface area contributed by atoms with E-state index in [9.17, 15) is 13.9 Å². The molecule has 0 unspecified atom stereocenters. The third kappa shape index (κ3) is 4.94. The summed E-state index contributed by atoms with van der Waals surface area (Å²) in [5, 5.41) is 15.1. The van der Waals surface area contributed by atoms with E-state index in [0.717, 1.165) is 12.8 Å². The number of rotatable bonds is 7. The van der Waals surface area contributed by atoms with E-state index >= 15 is 4.39 Å². The molecule has 2 aromatic carbocycles. The largest absolute Gasteiger partial charge is 0.508 e. The third-order valence-corrected chi connectivity index (χ3v) is 10.2. The number of nitrogens with one attached hydrogen (secondary N) is 1. The number of alkyl halides is 1. The third-order valence-electron chi connectivity index (χ3n) is 10.2. The summed E-state index contributed by atoms with van der Waals surface area (Å²) in [7, 11) is 1.64. The second-order valence-corrected chi connectivity index (χ2v) is 13.2. The fourth-order valence-corrected chi connectivity index (χ4v) is 8.23. The summed E-state index contributed by atoms with van der Waals surface area (Å²) in [6.45, 7) is -0.342. The minimum atomic E-state index is -2.41. The van der Waals surface area contributed by atoms with Gasteiger partial charge in [0.15, 0.2) is 5.82 Å². The first kappa shape index (κ1) is 27.9. The van der Waals surface area contributed by atoms with Crippen LogP contribution in [0.4, 0.5) is 19.0 Å². The Morgan fingerprint density at radius 2 is 2.11 bits per heavy atom. The monoisotopic (exact) mass is 646 g/mol. The average Bonchev–Trinajstić information content (AvgIpc) is 3.71. The van der Waals surface area contributed by atoms with Crippen LogP contribution in [0, 0.1) is 24.0 Å². The minimum absolute atomic E-state index is 0.0411. The number of fused-ring (bicyclic) bond motifs is 5. The molecular weight excluding hydrogens is 609 g/mol. The van der Waals surface area contributed by atoms with E-state index < -0.39 is 35.9 Å². The Hall–Kier alpha value is -4.18. The summed E-state index contributed by atoms with van der Waals surface area (Å²) in [5.41, 5.74) is -2.12. The van der Waals surface area contributed by atoms with Crippen molar-refractivity contribution in [2.75, 3.05) is 51.4 Å². The molecule has 9 nitrogen and oxygen atoms in total. The molecule has 0 radical (unpaired) electrons. The van der Waals surface area contributed by atoms with Crippen LogP contribution >= 0.6 is 0 Å². The number of pyridine rings is 1. The molecule has 2 bridgehead atoms. The first-order valence-corrected chi connectivity index (χ1v) is 15.8. The molecule has 4 aliphatic rings. The molecule has 47 heavy (non-hydrogen) atoms. The highest BCUT2D eigenvalue weighted by Gasteiger charge is 2.50. The minimum Gasteiger partial charge on any atom is -0.508 e. The number of ether oxygens (including phenoxy) is 2. The molecule has 4 saturated heterocycles. The lowest BCUT2D eigenvalue weighted by Gasteiger charge is -2.41. The van der Waals surface area contributed by atoms with E-state index in [1.165, 1.54) is 30.5 Å². The van der Waals surface area contributed by atoms with Crippen molar-refractivity contribution in [1.82, 2.24) is 25.2 Å². The van der Waals surface area contributed by atoms with Crippen molar-refractivity contribution in [2.24, 2.45) is 0 Å². The molecule has 4 aliphatic heterocycles. The number of phenolic OH excluding ortho intramolecular Hbond substituents is 1. The number of nitrogens with zero attached hydrogens (tertiary/aromatic N) is 5. The first-order valence-electron chi connectivity index (χ1n) is 16.8. The van der Waals surface area contributed by atoms with E-state index in [1.807, 2.05) is 4.90 Å². The van der Waals surface area contributed by atoms with Gasteiger partial charge in [0.2, 0.25) is 0 Å². The van der Waals surface area contributed by atoms with E-state index in [0.29, 0.717) is 50.3 Å². The normalized spacial score (nSPS) is 28.0. The van der Waals surface area contributed by atoms with Gasteiger partial charge in [0, 0.05) is 56.4 Å². The zero-order chi connectivity index (χ0) is 34.3. The standard InChI is InChI=1S/C35H35F3N6O3/c1-3-24-27(37)6-5-20-11-23(45)12-25(28(20)24)30-29(38)31-26(14-39-30)32(43-16-22-7-9-34(17-43,42-22)18-46-2)41-33(40-31)47-19-35-8-4-10-44(35)15-21(36)13-35/h1,5-6,11-12,14,21-22,42,45H,4,7-10,13,15-19H2,2H3/t21-,22+,34-,35+/m1/s1/i19D2. The van der Waals surface area contributed by atoms with E-state index in [2.05, 4.69) is 21.2 Å². The lowest BCUT2D eigenvalue weighted by molar-refractivity contribution is 0.107. The lowest BCUT2D eigenvalue weighted by atomic mass is 9.95. The van der Waals surface area contributed by atoms with Crippen LogP contribution in [0.2, 0.25) is 0 Å². The number of benzene rings is 2. The molecule has 6 heterocycles. The summed E-state index contributed by atoms with van der Waals surface area (Å²) in [4.78, 5) is 17.4. The number of anilines is 1. The number of piperazine rings is 1. The summed E-state index contributed by atoms with van der Waals surface area (Å²) in [6.07, 6.45) is 8.68. The van der Waals surface area contributed by atoms with Gasteiger partial charge in [-0.05, 0) is 55.8 Å². The molecule has 0 amide bonds. The number of hydrogen-bond donors (Lipinski definition) is 2. The highest BCUT2D eigenvalue weighted by atomic mass is 19.1. The smallest absolute Gasteiger partial charge is 0.319 e. The lowest BCUT2D eigenvalue weighted by Crippen LogP contribution is -2.61. The van der Waals surface area contributed by atoms with Crippen LogP contribution in [-0.4, -0.2) is 94.7 Å². The van der Waals surface area contributed by atoms with Crippen LogP contribution in [0.3, 0.4) is 0 Å². The van der Waals surface area contributed by atoms with Crippen molar-refractivity contribution in [3.8, 4) is 35.4 Å². The second-order valence-electron chi connectivity index (χ2n) is 13.2. The molecule has 2 N–H and O–H groups in total. The quantitative estimate of drug-likeness (QED) is 0.277. The van der Waals surface area contributed by atoms with Gasteiger partial charge in [0.1, 0.15) is 41.3 Å². The summed E-state index contributed by atoms with van der Waals surface area (Å²) in [6, 6.07) is 4.98. The van der Waals surface area contributed by atoms with E-state index in [1.54, 1.807) is 12.0 Å². The predicted octanol–water partition coefficient (Wildman–Crippen LogP) is 4.72. The molecule has 244 valence electrons. The van der Waals surface area contributed by atoms with Crippen molar-refractivity contribution < 1.29 is 30.5 Å². The van der Waals surface area contributed by atoms with Crippen LogP contribution in [-0.2, 0) is 4.74 Å². The zero-order valence-corrected chi connectivity index (χ0v) is 25.8. The summed E-state index contributed by atoms with van der Waals surface area (Å²) in [5.74, 6) is 0.829. The summed E-state index contributed by atoms with van der Waals surface area (Å²) < 4.78 is 76.3. The topological polar surface area (TPSA) is 95.9 Å². The number of hydrogen-bond acceptors (Lipinski definition) is 9. The fourth-order valence-electron chi connectivity index (χ4n) is 8.23. The fraction of sp³-hybridized carbons (Fsp3) is 0.457. The van der Waals surface area contributed by atoms with Gasteiger partial charge in [0.25, 0.3) is 0 Å². The Morgan fingerprint density at radius 3 is 2.94 bits per heavy atom. The highest BCUT2D eigenvalue weighted by Crippen LogP contribution is 2.42. The number of halogens is 3. The summed E-state index contributed by atoms with van der Waals surface area (Å²) >= 11 is 0. The number of methoxy groups -OCH3 is 1. The maximum atomic E-state index is 17.0. The van der Waals surface area contributed by atoms with Gasteiger partial charge >= 0.3 is 6.01 Å². The molecule has 12 heteroatoms. The highest BCUT2D eigenvalue weighted by molar-refractivity contribution is 6.03. The van der Waals surface area contributed by atoms with Gasteiger partial charge in [-0.3, -0.25) is 9.88 Å². The molecule has 0 aliphatic carbocycles. The zero-order valence-electron chi connectivity index (χ0n) is 27.8. The van der Waals surface area contributed by atoms with Crippen molar-refractivity contribution in [3.05, 3.63) is 47.7 Å². The molecule has 0 saturated carbocycles. The van der Waals surface area contributed by atoms with Gasteiger partial charge in [-0.1, -0.05) is 12.0 Å². The van der Waals surface area contributed by atoms with Gasteiger partial charge in [0.05, 0.1) is 31.4 Å². The van der Waals surface area contributed by atoms with Gasteiger partial charge < -0.3 is 24.8 Å². The number of terminal acetylenes is 1. The molecule has 4 fully saturated rings. The van der Waals surface area contributed by atoms with Crippen LogP contribution in [0.5, 0.6) is 11.8 Å². The molecule has 4 aromatic rings. The maximum absolute atomic E-state index is 17.0. The Kier molecular flexibility index (Phi) is 6.66. The molecule has 0 spiro atoms. The Labute approximate surface area is 272 Å². The Balaban J connectivity index is 1.31. The van der Waals surface area contributed by atoms with Crippen molar-refractivity contribution >= 4 is 27.5 Å². The Bertz CT molecular complexity index is 2040. The van der Waals surface area contributed by atoms with Crippen LogP contribution in [0.25, 0.3) is 32.9 Å². The number of aromatic hydroxyl groups is 1. The SMILES string of the molecule is [2H]C([2H])(Oc1nc(N2C[C@@H]3CC[C@](COC)(C2)N3)c2cnc(-c3cc(O)cc4ccc(F)c(C#C)c34)c(F)c2n1)[C@@]12CCCN1C[C@H](F)C2. The number of phenols is 1. The van der Waals surface area contributed by atoms with Gasteiger partial charge in [-0.2, -0.15) is 9.97 Å². The first-order chi connectivity index (χ1) is 23.5. The van der Waals surface area contributed by atoms with Crippen molar-refractivity contribution in [3.63, 3.8) is 0 Å². The maximum Gasteiger partial charge on any atom is 0.319 e. The van der Waals surface area contributed by atoms with Crippen molar-refractivity contribution in [2.45, 2.75) is 55.4 Å². The predicted molar refractivity (Wildman–Crippen MR) is 171 cm³/mol. The molecular formula is C35H35F3N6O3. The van der Waals surface area contributed by atoms with E-state index in [4.69, 9.17) is 23.6 Å². The Morgan fingerprint density at radius 1 is 1.23 bits per heavy atom. The molecule has 2 aromatic heterocycles.